The lowest BCUT2D eigenvalue weighted by Gasteiger charge is -2.14. The fourth-order valence-corrected chi connectivity index (χ4v) is 2.69. The molecule has 0 fully saturated rings. The number of anilines is 1. The highest BCUT2D eigenvalue weighted by Crippen LogP contribution is 2.32. The molecule has 0 unspecified atom stereocenters. The summed E-state index contributed by atoms with van der Waals surface area (Å²) in [5.41, 5.74) is 0.0141. The number of methoxy groups -OCH3 is 2. The van der Waals surface area contributed by atoms with E-state index in [2.05, 4.69) is 22.1 Å². The molecule has 0 aliphatic heterocycles. The second-order valence-electron chi connectivity index (χ2n) is 5.33. The minimum absolute atomic E-state index is 0.303. The zero-order chi connectivity index (χ0) is 17.0. The molecule has 122 valence electrons. The first-order valence-corrected chi connectivity index (χ1v) is 7.74. The number of carbonyl (C=O) groups excluding carboxylic acids is 1. The van der Waals surface area contributed by atoms with Gasteiger partial charge in [-0.25, -0.2) is 0 Å². The van der Waals surface area contributed by atoms with Crippen molar-refractivity contribution in [3.63, 3.8) is 0 Å². The van der Waals surface area contributed by atoms with Gasteiger partial charge in [-0.15, -0.1) is 16.8 Å². The Kier molecular flexibility index (Phi) is 5.00. The highest BCUT2D eigenvalue weighted by molar-refractivity contribution is 7.15. The van der Waals surface area contributed by atoms with Crippen LogP contribution < -0.4 is 14.8 Å². The largest absolute Gasteiger partial charge is 0.496 e. The molecule has 0 aliphatic carbocycles. The molecule has 1 aromatic heterocycles. The summed E-state index contributed by atoms with van der Waals surface area (Å²) in [6.07, 6.45) is 1.79. The van der Waals surface area contributed by atoms with Gasteiger partial charge >= 0.3 is 0 Å². The van der Waals surface area contributed by atoms with Gasteiger partial charge in [-0.3, -0.25) is 10.1 Å². The Morgan fingerprint density at radius 3 is 2.39 bits per heavy atom. The van der Waals surface area contributed by atoms with E-state index in [0.29, 0.717) is 22.2 Å². The molecule has 1 aromatic carbocycles. The first kappa shape index (κ1) is 17.0. The first-order chi connectivity index (χ1) is 10.9. The summed E-state index contributed by atoms with van der Waals surface area (Å²) in [5.74, 6) is 0.495. The molecular formula is C16H19N3O3S. The molecule has 0 aliphatic rings. The van der Waals surface area contributed by atoms with Crippen molar-refractivity contribution >= 4 is 22.4 Å². The van der Waals surface area contributed by atoms with E-state index >= 15 is 0 Å². The molecule has 0 spiro atoms. The van der Waals surface area contributed by atoms with Gasteiger partial charge in [-0.1, -0.05) is 23.5 Å². The van der Waals surface area contributed by atoms with E-state index in [-0.39, 0.29) is 11.3 Å². The van der Waals surface area contributed by atoms with Crippen molar-refractivity contribution in [1.82, 2.24) is 10.2 Å². The zero-order valence-corrected chi connectivity index (χ0v) is 14.4. The second kappa shape index (κ2) is 6.78. The number of amides is 1. The Morgan fingerprint density at radius 1 is 1.26 bits per heavy atom. The first-order valence-electron chi connectivity index (χ1n) is 6.93. The summed E-state index contributed by atoms with van der Waals surface area (Å²) < 4.78 is 10.5. The van der Waals surface area contributed by atoms with Crippen molar-refractivity contribution < 1.29 is 14.3 Å². The number of nitrogens with zero attached hydrogens (tertiary/aromatic N) is 2. The van der Waals surface area contributed by atoms with Crippen LogP contribution in [-0.4, -0.2) is 30.3 Å². The highest BCUT2D eigenvalue weighted by Gasteiger charge is 2.24. The average Bonchev–Trinajstić information content (AvgIpc) is 3.03. The van der Waals surface area contributed by atoms with Gasteiger partial charge in [0.25, 0.3) is 5.91 Å². The Balaban J connectivity index is 2.28. The van der Waals surface area contributed by atoms with E-state index in [0.717, 1.165) is 5.01 Å². The van der Waals surface area contributed by atoms with Gasteiger partial charge in [-0.2, -0.15) is 0 Å². The summed E-state index contributed by atoms with van der Waals surface area (Å²) in [6, 6.07) is 5.15. The van der Waals surface area contributed by atoms with Gasteiger partial charge in [0, 0.05) is 5.41 Å². The van der Waals surface area contributed by atoms with Crippen molar-refractivity contribution in [2.45, 2.75) is 19.3 Å². The molecule has 0 bridgehead atoms. The number of ether oxygens (including phenoxy) is 2. The lowest BCUT2D eigenvalue weighted by Crippen LogP contribution is -2.14. The monoisotopic (exact) mass is 333 g/mol. The summed E-state index contributed by atoms with van der Waals surface area (Å²) in [7, 11) is 3.00. The Labute approximate surface area is 139 Å². The summed E-state index contributed by atoms with van der Waals surface area (Å²) in [6.45, 7) is 7.75. The molecule has 2 aromatic rings. The zero-order valence-electron chi connectivity index (χ0n) is 13.5. The standard InChI is InChI=1S/C16H19N3O3S/c1-6-16(2,3)14-18-19-15(23-14)17-13(20)12-10(21-4)8-7-9-11(12)22-5/h6-9H,1H2,2-5H3,(H,17,19,20). The lowest BCUT2D eigenvalue weighted by atomic mass is 9.95. The molecule has 1 N–H and O–H groups in total. The quantitative estimate of drug-likeness (QED) is 0.821. The fraction of sp³-hybridized carbons (Fsp3) is 0.312. The minimum atomic E-state index is -0.363. The van der Waals surface area contributed by atoms with Crippen molar-refractivity contribution in [3.8, 4) is 11.5 Å². The third-order valence-corrected chi connectivity index (χ3v) is 4.54. The highest BCUT2D eigenvalue weighted by atomic mass is 32.1. The van der Waals surface area contributed by atoms with Crippen LogP contribution in [0.5, 0.6) is 11.5 Å². The number of allylic oxidation sites excluding steroid dienone is 1. The van der Waals surface area contributed by atoms with E-state index < -0.39 is 0 Å². The van der Waals surface area contributed by atoms with Crippen LogP contribution in [0.4, 0.5) is 5.13 Å². The van der Waals surface area contributed by atoms with Crippen LogP contribution in [0.25, 0.3) is 0 Å². The van der Waals surface area contributed by atoms with Gasteiger partial charge in [-0.05, 0) is 26.0 Å². The van der Waals surface area contributed by atoms with Crippen molar-refractivity contribution in [2.75, 3.05) is 19.5 Å². The van der Waals surface area contributed by atoms with E-state index in [9.17, 15) is 4.79 Å². The summed E-state index contributed by atoms with van der Waals surface area (Å²) in [5, 5.41) is 12.0. The number of aromatic nitrogens is 2. The molecule has 1 amide bonds. The Morgan fingerprint density at radius 2 is 1.87 bits per heavy atom. The van der Waals surface area contributed by atoms with Crippen LogP contribution in [0, 0.1) is 0 Å². The molecule has 6 nitrogen and oxygen atoms in total. The number of hydrogen-bond acceptors (Lipinski definition) is 6. The van der Waals surface area contributed by atoms with Crippen LogP contribution in [0.1, 0.15) is 29.2 Å². The maximum absolute atomic E-state index is 12.5. The maximum atomic E-state index is 12.5. The van der Waals surface area contributed by atoms with Gasteiger partial charge < -0.3 is 9.47 Å². The molecular weight excluding hydrogens is 314 g/mol. The van der Waals surface area contributed by atoms with Gasteiger partial charge in [0.1, 0.15) is 22.1 Å². The molecule has 1 heterocycles. The molecule has 2 rings (SSSR count). The number of hydrogen-bond donors (Lipinski definition) is 1. The van der Waals surface area contributed by atoms with E-state index in [1.165, 1.54) is 25.6 Å². The van der Waals surface area contributed by atoms with Crippen molar-refractivity contribution in [2.24, 2.45) is 0 Å². The van der Waals surface area contributed by atoms with Crippen LogP contribution in [0.2, 0.25) is 0 Å². The maximum Gasteiger partial charge on any atom is 0.265 e. The predicted octanol–water partition coefficient (Wildman–Crippen LogP) is 3.27. The van der Waals surface area contributed by atoms with Crippen molar-refractivity contribution in [3.05, 3.63) is 41.4 Å². The molecule has 7 heteroatoms. The molecule has 0 atom stereocenters. The van der Waals surface area contributed by atoms with Crippen molar-refractivity contribution in [1.29, 1.82) is 0 Å². The SMILES string of the molecule is C=CC(C)(C)c1nnc(NC(=O)c2c(OC)cccc2OC)s1. The molecule has 0 saturated heterocycles. The second-order valence-corrected chi connectivity index (χ2v) is 6.31. The number of nitrogens with one attached hydrogen (secondary N) is 1. The minimum Gasteiger partial charge on any atom is -0.496 e. The third kappa shape index (κ3) is 3.50. The van der Waals surface area contributed by atoms with Gasteiger partial charge in [0.05, 0.1) is 14.2 Å². The van der Waals surface area contributed by atoms with Gasteiger partial charge in [0.2, 0.25) is 5.13 Å². The van der Waals surface area contributed by atoms with Gasteiger partial charge in [0.15, 0.2) is 0 Å². The smallest absolute Gasteiger partial charge is 0.265 e. The third-order valence-electron chi connectivity index (χ3n) is 3.36. The fourth-order valence-electron chi connectivity index (χ4n) is 1.86. The number of rotatable bonds is 6. The normalized spacial score (nSPS) is 11.0. The van der Waals surface area contributed by atoms with E-state index in [1.807, 2.05) is 13.8 Å². The molecule has 23 heavy (non-hydrogen) atoms. The Bertz CT molecular complexity index is 703. The topological polar surface area (TPSA) is 73.3 Å². The van der Waals surface area contributed by atoms with Crippen LogP contribution >= 0.6 is 11.3 Å². The Hall–Kier alpha value is -2.41. The average molecular weight is 333 g/mol. The summed E-state index contributed by atoms with van der Waals surface area (Å²) >= 11 is 1.31. The lowest BCUT2D eigenvalue weighted by molar-refractivity contribution is 0.102. The molecule has 0 radical (unpaired) electrons. The van der Waals surface area contributed by atoms with Crippen LogP contribution in [0.3, 0.4) is 0 Å². The van der Waals surface area contributed by atoms with E-state index in [1.54, 1.807) is 24.3 Å². The summed E-state index contributed by atoms with van der Waals surface area (Å²) in [4.78, 5) is 12.5. The van der Waals surface area contributed by atoms with E-state index in [4.69, 9.17) is 9.47 Å². The van der Waals surface area contributed by atoms with Crippen LogP contribution in [0.15, 0.2) is 30.9 Å². The number of carbonyl (C=O) groups is 1. The number of benzene rings is 1. The van der Waals surface area contributed by atoms with Crippen LogP contribution in [-0.2, 0) is 5.41 Å². The predicted molar refractivity (Wildman–Crippen MR) is 90.6 cm³/mol. The molecule has 0 saturated carbocycles.